The van der Waals surface area contributed by atoms with Crippen LogP contribution in [0.5, 0.6) is 0 Å². The zero-order valence-electron chi connectivity index (χ0n) is 10.5. The monoisotopic (exact) mass is 382 g/mol. The van der Waals surface area contributed by atoms with Gasteiger partial charge >= 0.3 is 0 Å². The Balaban J connectivity index is 2.31. The standard InChI is InChI=1S/C14H11IN2OS/c1-8-9(2)19-13-12(8)14(18)17(7-16-13)11-5-3-10(15)4-6-11/h3-7H,1-2H3. The van der Waals surface area contributed by atoms with Crippen LogP contribution >= 0.6 is 33.9 Å². The lowest BCUT2D eigenvalue weighted by Gasteiger charge is -2.05. The maximum Gasteiger partial charge on any atom is 0.266 e. The number of hydrogen-bond acceptors (Lipinski definition) is 3. The fourth-order valence-electron chi connectivity index (χ4n) is 2.02. The van der Waals surface area contributed by atoms with E-state index in [1.54, 1.807) is 22.2 Å². The first-order valence-electron chi connectivity index (χ1n) is 5.81. The predicted molar refractivity (Wildman–Crippen MR) is 87.4 cm³/mol. The Kier molecular flexibility index (Phi) is 3.18. The molecule has 2 aromatic heterocycles. The van der Waals surface area contributed by atoms with E-state index in [1.165, 1.54) is 0 Å². The number of halogens is 1. The zero-order valence-corrected chi connectivity index (χ0v) is 13.4. The molecular weight excluding hydrogens is 371 g/mol. The zero-order chi connectivity index (χ0) is 13.6. The summed E-state index contributed by atoms with van der Waals surface area (Å²) in [4.78, 5) is 19.0. The number of aryl methyl sites for hydroxylation is 2. The minimum Gasteiger partial charge on any atom is -0.268 e. The molecule has 0 N–H and O–H groups in total. The highest BCUT2D eigenvalue weighted by atomic mass is 127. The number of hydrogen-bond donors (Lipinski definition) is 0. The van der Waals surface area contributed by atoms with Gasteiger partial charge in [-0.2, -0.15) is 0 Å². The van der Waals surface area contributed by atoms with Crippen molar-refractivity contribution in [2.75, 3.05) is 0 Å². The minimum atomic E-state index is 0.00746. The molecule has 0 atom stereocenters. The second-order valence-corrected chi connectivity index (χ2v) is 6.81. The van der Waals surface area contributed by atoms with Crippen LogP contribution in [0.1, 0.15) is 10.4 Å². The van der Waals surface area contributed by atoms with E-state index < -0.39 is 0 Å². The summed E-state index contributed by atoms with van der Waals surface area (Å²) >= 11 is 3.82. The lowest BCUT2D eigenvalue weighted by molar-refractivity contribution is 0.964. The summed E-state index contributed by atoms with van der Waals surface area (Å²) in [5.41, 5.74) is 1.90. The number of aromatic nitrogens is 2. The minimum absolute atomic E-state index is 0.00746. The molecule has 0 fully saturated rings. The van der Waals surface area contributed by atoms with Crippen LogP contribution < -0.4 is 5.56 Å². The highest BCUT2D eigenvalue weighted by Crippen LogP contribution is 2.25. The van der Waals surface area contributed by atoms with Crippen molar-refractivity contribution >= 4 is 44.1 Å². The summed E-state index contributed by atoms with van der Waals surface area (Å²) in [5, 5.41) is 0.739. The van der Waals surface area contributed by atoms with Crippen molar-refractivity contribution in [3.8, 4) is 5.69 Å². The van der Waals surface area contributed by atoms with Crippen molar-refractivity contribution in [3.05, 3.63) is 55.0 Å². The molecule has 3 nitrogen and oxygen atoms in total. The Labute approximate surface area is 128 Å². The molecule has 0 aliphatic heterocycles. The van der Waals surface area contributed by atoms with E-state index in [0.29, 0.717) is 0 Å². The van der Waals surface area contributed by atoms with Crippen LogP contribution in [-0.4, -0.2) is 9.55 Å². The van der Waals surface area contributed by atoms with Crippen LogP contribution in [0, 0.1) is 17.4 Å². The van der Waals surface area contributed by atoms with Crippen molar-refractivity contribution in [1.82, 2.24) is 9.55 Å². The first-order valence-corrected chi connectivity index (χ1v) is 7.71. The Hall–Kier alpha value is -1.21. The summed E-state index contributed by atoms with van der Waals surface area (Å²) in [6, 6.07) is 7.84. The third-order valence-electron chi connectivity index (χ3n) is 3.19. The van der Waals surface area contributed by atoms with Gasteiger partial charge in [0.25, 0.3) is 5.56 Å². The molecule has 0 spiro atoms. The van der Waals surface area contributed by atoms with Crippen molar-refractivity contribution in [2.45, 2.75) is 13.8 Å². The second kappa shape index (κ2) is 4.72. The molecule has 0 amide bonds. The van der Waals surface area contributed by atoms with Gasteiger partial charge in [0.2, 0.25) is 0 Å². The predicted octanol–water partition coefficient (Wildman–Crippen LogP) is 3.67. The van der Waals surface area contributed by atoms with Crippen molar-refractivity contribution in [3.63, 3.8) is 0 Å². The molecule has 0 saturated carbocycles. The fraction of sp³-hybridized carbons (Fsp3) is 0.143. The second-order valence-electron chi connectivity index (χ2n) is 4.36. The van der Waals surface area contributed by atoms with Gasteiger partial charge in [-0.1, -0.05) is 0 Å². The molecule has 0 bridgehead atoms. The van der Waals surface area contributed by atoms with Crippen molar-refractivity contribution < 1.29 is 0 Å². The normalized spacial score (nSPS) is 11.1. The van der Waals surface area contributed by atoms with E-state index in [2.05, 4.69) is 27.6 Å². The third-order valence-corrected chi connectivity index (χ3v) is 5.03. The molecule has 5 heteroatoms. The quantitative estimate of drug-likeness (QED) is 0.602. The average Bonchev–Trinajstić information content (AvgIpc) is 2.68. The molecule has 0 saturated heterocycles. The third kappa shape index (κ3) is 2.10. The topological polar surface area (TPSA) is 34.9 Å². The highest BCUT2D eigenvalue weighted by Gasteiger charge is 2.12. The van der Waals surface area contributed by atoms with Gasteiger partial charge in [-0.15, -0.1) is 11.3 Å². The maximum atomic E-state index is 12.6. The Morgan fingerprint density at radius 3 is 2.58 bits per heavy atom. The van der Waals surface area contributed by atoms with Crippen LogP contribution in [0.2, 0.25) is 0 Å². The van der Waals surface area contributed by atoms with E-state index in [4.69, 9.17) is 0 Å². The van der Waals surface area contributed by atoms with Crippen LogP contribution in [-0.2, 0) is 0 Å². The summed E-state index contributed by atoms with van der Waals surface area (Å²) in [5.74, 6) is 0. The number of fused-ring (bicyclic) bond motifs is 1. The van der Waals surface area contributed by atoms with Crippen LogP contribution in [0.4, 0.5) is 0 Å². The molecule has 3 aromatic rings. The maximum absolute atomic E-state index is 12.6. The summed E-state index contributed by atoms with van der Waals surface area (Å²) < 4.78 is 2.75. The van der Waals surface area contributed by atoms with Gasteiger partial charge in [-0.25, -0.2) is 4.98 Å². The first kappa shape index (κ1) is 12.8. The van der Waals surface area contributed by atoms with E-state index in [0.717, 1.165) is 29.9 Å². The highest BCUT2D eigenvalue weighted by molar-refractivity contribution is 14.1. The average molecular weight is 382 g/mol. The van der Waals surface area contributed by atoms with Gasteiger partial charge in [0, 0.05) is 8.45 Å². The lowest BCUT2D eigenvalue weighted by atomic mass is 10.2. The van der Waals surface area contributed by atoms with E-state index in [9.17, 15) is 4.79 Å². The Morgan fingerprint density at radius 2 is 1.89 bits per heavy atom. The smallest absolute Gasteiger partial charge is 0.266 e. The Morgan fingerprint density at radius 1 is 1.21 bits per heavy atom. The molecule has 0 aliphatic rings. The van der Waals surface area contributed by atoms with Gasteiger partial charge in [0.1, 0.15) is 11.2 Å². The molecule has 2 heterocycles. The van der Waals surface area contributed by atoms with Crippen LogP contribution in [0.25, 0.3) is 15.9 Å². The molecule has 3 rings (SSSR count). The number of nitrogens with zero attached hydrogens (tertiary/aromatic N) is 2. The van der Waals surface area contributed by atoms with Gasteiger partial charge in [0.15, 0.2) is 0 Å². The molecule has 0 radical (unpaired) electrons. The number of rotatable bonds is 1. The summed E-state index contributed by atoms with van der Waals surface area (Å²) in [7, 11) is 0. The van der Waals surface area contributed by atoms with Crippen molar-refractivity contribution in [1.29, 1.82) is 0 Å². The molecular formula is C14H11IN2OS. The van der Waals surface area contributed by atoms with Gasteiger partial charge in [0.05, 0.1) is 11.1 Å². The number of thiophene rings is 1. The van der Waals surface area contributed by atoms with E-state index in [-0.39, 0.29) is 5.56 Å². The molecule has 96 valence electrons. The summed E-state index contributed by atoms with van der Waals surface area (Å²) in [6.07, 6.45) is 1.61. The molecule has 0 unspecified atom stereocenters. The largest absolute Gasteiger partial charge is 0.268 e. The van der Waals surface area contributed by atoms with Crippen LogP contribution in [0.3, 0.4) is 0 Å². The van der Waals surface area contributed by atoms with Gasteiger partial charge in [-0.05, 0) is 66.3 Å². The van der Waals surface area contributed by atoms with E-state index in [1.807, 2.05) is 38.1 Å². The molecule has 0 aliphatic carbocycles. The molecule has 1 aromatic carbocycles. The molecule has 19 heavy (non-hydrogen) atoms. The fourth-order valence-corrected chi connectivity index (χ4v) is 3.37. The van der Waals surface area contributed by atoms with E-state index >= 15 is 0 Å². The SMILES string of the molecule is Cc1sc2ncn(-c3ccc(I)cc3)c(=O)c2c1C. The lowest BCUT2D eigenvalue weighted by Crippen LogP contribution is -2.18. The van der Waals surface area contributed by atoms with Gasteiger partial charge < -0.3 is 0 Å². The number of benzene rings is 1. The van der Waals surface area contributed by atoms with Crippen LogP contribution in [0.15, 0.2) is 35.4 Å². The Bertz CT molecular complexity index is 818. The first-order chi connectivity index (χ1) is 9.08. The summed E-state index contributed by atoms with van der Waals surface area (Å²) in [6.45, 7) is 4.01. The van der Waals surface area contributed by atoms with Gasteiger partial charge in [-0.3, -0.25) is 9.36 Å². The van der Waals surface area contributed by atoms with Crippen molar-refractivity contribution in [2.24, 2.45) is 0 Å².